The van der Waals surface area contributed by atoms with Gasteiger partial charge < -0.3 is 9.47 Å². The molecule has 0 atom stereocenters. The predicted molar refractivity (Wildman–Crippen MR) is 150 cm³/mol. The number of thiocarbonyl (C=S) groups is 1. The van der Waals surface area contributed by atoms with E-state index in [-0.39, 0.29) is 18.2 Å². The predicted octanol–water partition coefficient (Wildman–Crippen LogP) is 6.97. The fraction of sp³-hybridized carbons (Fsp3) is 0.154. The highest BCUT2D eigenvalue weighted by Crippen LogP contribution is 2.40. The Balaban J connectivity index is 1.56. The van der Waals surface area contributed by atoms with Crippen LogP contribution in [0.3, 0.4) is 0 Å². The largest absolute Gasteiger partial charge is 0.493 e. The van der Waals surface area contributed by atoms with E-state index in [1.54, 1.807) is 35.2 Å². The number of thioether (sulfide) groups is 1. The molecule has 0 aromatic heterocycles. The minimum absolute atomic E-state index is 0.0198. The number of halogens is 1. The van der Waals surface area contributed by atoms with Gasteiger partial charge >= 0.3 is 0 Å². The Morgan fingerprint density at radius 3 is 2.47 bits per heavy atom. The van der Waals surface area contributed by atoms with Gasteiger partial charge in [-0.05, 0) is 66.9 Å². The third-order valence-corrected chi connectivity index (χ3v) is 7.49. The van der Waals surface area contributed by atoms with Crippen molar-refractivity contribution in [2.75, 3.05) is 12.0 Å². The van der Waals surface area contributed by atoms with Gasteiger partial charge in [0.25, 0.3) is 11.6 Å². The number of hydrogen-bond donors (Lipinski definition) is 0. The molecule has 1 aliphatic heterocycles. The first kappa shape index (κ1) is 25.9. The number of anilines is 1. The van der Waals surface area contributed by atoms with Crippen LogP contribution in [-0.4, -0.2) is 22.3 Å². The summed E-state index contributed by atoms with van der Waals surface area (Å²) >= 11 is 10.3. The summed E-state index contributed by atoms with van der Waals surface area (Å²) < 4.78 is 12.6. The number of non-ortho nitro benzene ring substituents is 1. The van der Waals surface area contributed by atoms with Crippen molar-refractivity contribution in [1.29, 1.82) is 0 Å². The van der Waals surface area contributed by atoms with E-state index in [0.717, 1.165) is 27.9 Å². The molecule has 0 radical (unpaired) electrons. The van der Waals surface area contributed by atoms with Crippen molar-refractivity contribution in [3.05, 3.63) is 96.3 Å². The van der Waals surface area contributed by atoms with E-state index in [1.807, 2.05) is 32.0 Å². The van der Waals surface area contributed by atoms with Crippen molar-refractivity contribution in [1.82, 2.24) is 0 Å². The SMILES string of the molecule is COc1cc(/C=C2\SC(=S)N(c3ccc(C)cc3C)C2=O)c(Br)cc1OCc1ccc([N+](=O)[O-])cc1. The molecule has 0 unspecified atom stereocenters. The molecule has 1 fully saturated rings. The van der Waals surface area contributed by atoms with Crippen molar-refractivity contribution in [3.8, 4) is 11.5 Å². The summed E-state index contributed by atoms with van der Waals surface area (Å²) in [7, 11) is 1.53. The summed E-state index contributed by atoms with van der Waals surface area (Å²) in [6.07, 6.45) is 1.77. The Labute approximate surface area is 226 Å². The van der Waals surface area contributed by atoms with E-state index >= 15 is 0 Å². The average Bonchev–Trinajstić information content (AvgIpc) is 3.12. The second-order valence-corrected chi connectivity index (χ2v) is 10.6. The molecule has 0 saturated carbocycles. The lowest BCUT2D eigenvalue weighted by Gasteiger charge is -2.17. The number of aryl methyl sites for hydroxylation is 2. The van der Waals surface area contributed by atoms with Crippen LogP contribution in [0.4, 0.5) is 11.4 Å². The molecule has 1 aliphatic rings. The van der Waals surface area contributed by atoms with Crippen molar-refractivity contribution in [2.45, 2.75) is 20.5 Å². The van der Waals surface area contributed by atoms with Crippen molar-refractivity contribution in [2.24, 2.45) is 0 Å². The summed E-state index contributed by atoms with van der Waals surface area (Å²) in [6, 6.07) is 15.6. The summed E-state index contributed by atoms with van der Waals surface area (Å²) in [5.74, 6) is 0.792. The molecule has 0 N–H and O–H groups in total. The van der Waals surface area contributed by atoms with Gasteiger partial charge in [-0.3, -0.25) is 19.8 Å². The maximum absolute atomic E-state index is 13.3. The molecule has 7 nitrogen and oxygen atoms in total. The highest BCUT2D eigenvalue weighted by Gasteiger charge is 2.34. The number of ether oxygens (including phenoxy) is 2. The Kier molecular flexibility index (Phi) is 7.77. The molecule has 36 heavy (non-hydrogen) atoms. The quantitative estimate of drug-likeness (QED) is 0.128. The van der Waals surface area contributed by atoms with Gasteiger partial charge in [-0.15, -0.1) is 0 Å². The summed E-state index contributed by atoms with van der Waals surface area (Å²) in [4.78, 5) is 25.7. The van der Waals surface area contributed by atoms with Crippen LogP contribution in [0.5, 0.6) is 11.5 Å². The van der Waals surface area contributed by atoms with Crippen molar-refractivity contribution < 1.29 is 19.2 Å². The third kappa shape index (κ3) is 5.45. The highest BCUT2D eigenvalue weighted by atomic mass is 79.9. The van der Waals surface area contributed by atoms with Gasteiger partial charge in [0.15, 0.2) is 15.8 Å². The van der Waals surface area contributed by atoms with Gasteiger partial charge in [0.1, 0.15) is 6.61 Å². The molecular weight excluding hydrogens is 564 g/mol. The van der Waals surface area contributed by atoms with Crippen LogP contribution in [-0.2, 0) is 11.4 Å². The van der Waals surface area contributed by atoms with E-state index in [0.29, 0.717) is 25.2 Å². The maximum Gasteiger partial charge on any atom is 0.270 e. The number of nitrogens with zero attached hydrogens (tertiary/aromatic N) is 2. The zero-order valence-electron chi connectivity index (χ0n) is 19.6. The maximum atomic E-state index is 13.3. The normalized spacial score (nSPS) is 14.4. The van der Waals surface area contributed by atoms with E-state index in [2.05, 4.69) is 15.9 Å². The molecular formula is C26H21BrN2O5S2. The molecule has 3 aromatic carbocycles. The lowest BCUT2D eigenvalue weighted by atomic mass is 10.1. The smallest absolute Gasteiger partial charge is 0.270 e. The molecule has 0 bridgehead atoms. The Morgan fingerprint density at radius 2 is 1.83 bits per heavy atom. The molecule has 0 aliphatic carbocycles. The molecule has 1 saturated heterocycles. The van der Waals surface area contributed by atoms with E-state index < -0.39 is 4.92 Å². The Bertz CT molecular complexity index is 1410. The molecule has 0 spiro atoms. The lowest BCUT2D eigenvalue weighted by Crippen LogP contribution is -2.28. The number of benzene rings is 3. The van der Waals surface area contributed by atoms with Crippen LogP contribution in [0.1, 0.15) is 22.3 Å². The van der Waals surface area contributed by atoms with Gasteiger partial charge in [0.05, 0.1) is 22.6 Å². The minimum atomic E-state index is -0.445. The molecule has 1 heterocycles. The van der Waals surface area contributed by atoms with Gasteiger partial charge in [-0.1, -0.05) is 57.6 Å². The van der Waals surface area contributed by atoms with Gasteiger partial charge in [-0.25, -0.2) is 0 Å². The van der Waals surface area contributed by atoms with Crippen LogP contribution in [0.15, 0.2) is 64.0 Å². The molecule has 1 amide bonds. The first-order valence-electron chi connectivity index (χ1n) is 10.8. The number of nitro benzene ring substituents is 1. The minimum Gasteiger partial charge on any atom is -0.493 e. The number of rotatable bonds is 7. The fourth-order valence-corrected chi connectivity index (χ4v) is 5.39. The van der Waals surface area contributed by atoms with Crippen molar-refractivity contribution in [3.63, 3.8) is 0 Å². The average molecular weight is 586 g/mol. The van der Waals surface area contributed by atoms with E-state index in [9.17, 15) is 14.9 Å². The topological polar surface area (TPSA) is 81.9 Å². The monoisotopic (exact) mass is 584 g/mol. The highest BCUT2D eigenvalue weighted by molar-refractivity contribution is 9.10. The van der Waals surface area contributed by atoms with E-state index in [1.165, 1.54) is 31.0 Å². The van der Waals surface area contributed by atoms with Crippen LogP contribution in [0, 0.1) is 24.0 Å². The summed E-state index contributed by atoms with van der Waals surface area (Å²) in [5.41, 5.74) is 4.40. The van der Waals surface area contributed by atoms with Crippen LogP contribution in [0.25, 0.3) is 6.08 Å². The second-order valence-electron chi connectivity index (χ2n) is 8.04. The molecule has 184 valence electrons. The number of carbonyl (C=O) groups is 1. The fourth-order valence-electron chi connectivity index (χ4n) is 3.68. The Hall–Kier alpha value is -3.21. The zero-order chi connectivity index (χ0) is 26.0. The molecule has 3 aromatic rings. The number of nitro groups is 1. The third-order valence-electron chi connectivity index (χ3n) is 5.50. The van der Waals surface area contributed by atoms with Gasteiger partial charge in [-0.2, -0.15) is 0 Å². The van der Waals surface area contributed by atoms with E-state index in [4.69, 9.17) is 21.7 Å². The lowest BCUT2D eigenvalue weighted by molar-refractivity contribution is -0.384. The summed E-state index contributed by atoms with van der Waals surface area (Å²) in [5, 5.41) is 10.8. The number of methoxy groups -OCH3 is 1. The van der Waals surface area contributed by atoms with Crippen molar-refractivity contribution >= 4 is 67.6 Å². The second kappa shape index (κ2) is 10.8. The van der Waals surface area contributed by atoms with Crippen LogP contribution in [0.2, 0.25) is 0 Å². The molecule has 10 heteroatoms. The van der Waals surface area contributed by atoms with Crippen LogP contribution < -0.4 is 14.4 Å². The van der Waals surface area contributed by atoms with Gasteiger partial charge in [0, 0.05) is 16.6 Å². The first-order valence-corrected chi connectivity index (χ1v) is 12.8. The summed E-state index contributed by atoms with van der Waals surface area (Å²) in [6.45, 7) is 4.17. The standard InChI is InChI=1S/C26H21BrN2O5S2/c1-15-4-9-21(16(2)10-15)28-25(30)24(36-26(28)35)12-18-11-22(33-3)23(13-20(18)27)34-14-17-5-7-19(8-6-17)29(31)32/h4-13H,14H2,1-3H3/b24-12-. The first-order chi connectivity index (χ1) is 17.2. The number of hydrogen-bond acceptors (Lipinski definition) is 7. The Morgan fingerprint density at radius 1 is 1.11 bits per heavy atom. The zero-order valence-corrected chi connectivity index (χ0v) is 22.8. The number of carbonyl (C=O) groups excluding carboxylic acids is 1. The number of amides is 1. The van der Waals surface area contributed by atoms with Crippen LogP contribution >= 0.6 is 39.9 Å². The molecule has 4 rings (SSSR count). The van der Waals surface area contributed by atoms with Gasteiger partial charge in [0.2, 0.25) is 0 Å².